The number of nitrogens with one attached hydrogen (secondary N) is 1. The van der Waals surface area contributed by atoms with Crippen molar-refractivity contribution in [2.24, 2.45) is 0 Å². The Kier molecular flexibility index (Phi) is 3.07. The second-order valence-corrected chi connectivity index (χ2v) is 6.26. The SMILES string of the molecule is CC1(C)SCC1NCC1CCC=CO1. The van der Waals surface area contributed by atoms with Gasteiger partial charge in [0.25, 0.3) is 0 Å². The van der Waals surface area contributed by atoms with Crippen LogP contribution in [-0.2, 0) is 4.74 Å². The molecule has 14 heavy (non-hydrogen) atoms. The van der Waals surface area contributed by atoms with Gasteiger partial charge in [-0.25, -0.2) is 0 Å². The molecule has 2 heterocycles. The second kappa shape index (κ2) is 4.15. The third-order valence-corrected chi connectivity index (χ3v) is 4.60. The maximum absolute atomic E-state index is 5.52. The molecule has 3 heteroatoms. The summed E-state index contributed by atoms with van der Waals surface area (Å²) < 4.78 is 5.94. The van der Waals surface area contributed by atoms with Crippen molar-refractivity contribution in [3.8, 4) is 0 Å². The lowest BCUT2D eigenvalue weighted by Gasteiger charge is -2.44. The highest BCUT2D eigenvalue weighted by atomic mass is 32.2. The van der Waals surface area contributed by atoms with Crippen LogP contribution in [0.15, 0.2) is 12.3 Å². The zero-order chi connectivity index (χ0) is 10.0. The average molecular weight is 213 g/mol. The molecule has 0 aromatic rings. The van der Waals surface area contributed by atoms with Gasteiger partial charge in [-0.2, -0.15) is 11.8 Å². The van der Waals surface area contributed by atoms with Gasteiger partial charge in [-0.15, -0.1) is 0 Å². The van der Waals surface area contributed by atoms with Crippen LogP contribution < -0.4 is 5.32 Å². The van der Waals surface area contributed by atoms with Crippen LogP contribution in [0.1, 0.15) is 26.7 Å². The van der Waals surface area contributed by atoms with Crippen LogP contribution in [0.4, 0.5) is 0 Å². The summed E-state index contributed by atoms with van der Waals surface area (Å²) in [6.45, 7) is 5.61. The molecule has 0 aromatic carbocycles. The first-order chi connectivity index (χ1) is 6.68. The maximum Gasteiger partial charge on any atom is 0.110 e. The topological polar surface area (TPSA) is 21.3 Å². The Bertz CT molecular complexity index is 227. The van der Waals surface area contributed by atoms with Crippen LogP contribution in [0, 0.1) is 0 Å². The molecule has 2 rings (SSSR count). The molecular formula is C11H19NOS. The molecule has 1 N–H and O–H groups in total. The number of thioether (sulfide) groups is 1. The Hall–Kier alpha value is -0.150. The van der Waals surface area contributed by atoms with Gasteiger partial charge in [0.2, 0.25) is 0 Å². The number of ether oxygens (including phenoxy) is 1. The predicted molar refractivity (Wildman–Crippen MR) is 61.6 cm³/mol. The van der Waals surface area contributed by atoms with Crippen molar-refractivity contribution in [1.29, 1.82) is 0 Å². The van der Waals surface area contributed by atoms with Gasteiger partial charge in [0.15, 0.2) is 0 Å². The monoisotopic (exact) mass is 213 g/mol. The van der Waals surface area contributed by atoms with Crippen LogP contribution >= 0.6 is 11.8 Å². The number of hydrogen-bond donors (Lipinski definition) is 1. The van der Waals surface area contributed by atoms with Gasteiger partial charge in [-0.3, -0.25) is 0 Å². The molecule has 0 radical (unpaired) electrons. The Labute approximate surface area is 90.5 Å². The Balaban J connectivity index is 1.69. The van der Waals surface area contributed by atoms with Gasteiger partial charge in [0.1, 0.15) is 6.10 Å². The summed E-state index contributed by atoms with van der Waals surface area (Å²) >= 11 is 2.04. The standard InChI is InChI=1S/C11H19NOS/c1-11(2)10(8-14-11)12-7-9-5-3-4-6-13-9/h4,6,9-10,12H,3,5,7-8H2,1-2H3. The lowest BCUT2D eigenvalue weighted by Crippen LogP contribution is -2.56. The van der Waals surface area contributed by atoms with E-state index in [4.69, 9.17) is 4.74 Å². The van der Waals surface area contributed by atoms with E-state index in [0.29, 0.717) is 16.9 Å². The van der Waals surface area contributed by atoms with Crippen molar-refractivity contribution in [1.82, 2.24) is 5.32 Å². The molecule has 2 aliphatic heterocycles. The van der Waals surface area contributed by atoms with E-state index in [-0.39, 0.29) is 0 Å². The minimum Gasteiger partial charge on any atom is -0.497 e. The van der Waals surface area contributed by atoms with Crippen molar-refractivity contribution >= 4 is 11.8 Å². The lowest BCUT2D eigenvalue weighted by molar-refractivity contribution is 0.118. The van der Waals surface area contributed by atoms with Gasteiger partial charge in [-0.05, 0) is 32.8 Å². The van der Waals surface area contributed by atoms with Crippen LogP contribution in [0.25, 0.3) is 0 Å². The Morgan fingerprint density at radius 1 is 1.57 bits per heavy atom. The maximum atomic E-state index is 5.52. The highest BCUT2D eigenvalue weighted by Crippen LogP contribution is 2.39. The summed E-state index contributed by atoms with van der Waals surface area (Å²) in [6.07, 6.45) is 6.65. The van der Waals surface area contributed by atoms with Crippen molar-refractivity contribution < 1.29 is 4.74 Å². The summed E-state index contributed by atoms with van der Waals surface area (Å²) in [7, 11) is 0. The van der Waals surface area contributed by atoms with E-state index in [1.54, 1.807) is 0 Å². The fraction of sp³-hybridized carbons (Fsp3) is 0.818. The van der Waals surface area contributed by atoms with Crippen molar-refractivity contribution in [3.05, 3.63) is 12.3 Å². The fourth-order valence-corrected chi connectivity index (χ4v) is 3.01. The quantitative estimate of drug-likeness (QED) is 0.776. The van der Waals surface area contributed by atoms with Gasteiger partial charge < -0.3 is 10.1 Å². The lowest BCUT2D eigenvalue weighted by atomic mass is 10.0. The molecule has 1 fully saturated rings. The first-order valence-electron chi connectivity index (χ1n) is 5.36. The molecule has 1 saturated heterocycles. The summed E-state index contributed by atoms with van der Waals surface area (Å²) in [5, 5.41) is 3.60. The predicted octanol–water partition coefficient (Wildman–Crippen LogP) is 2.16. The number of allylic oxidation sites excluding steroid dienone is 1. The molecule has 2 aliphatic rings. The summed E-state index contributed by atoms with van der Waals surface area (Å²) in [4.78, 5) is 0. The first kappa shape index (κ1) is 10.4. The normalized spacial score (nSPS) is 34.7. The molecular weight excluding hydrogens is 194 g/mol. The Morgan fingerprint density at radius 3 is 2.93 bits per heavy atom. The first-order valence-corrected chi connectivity index (χ1v) is 6.35. The van der Waals surface area contributed by atoms with Gasteiger partial charge >= 0.3 is 0 Å². The average Bonchev–Trinajstić information content (AvgIpc) is 2.18. The van der Waals surface area contributed by atoms with Crippen molar-refractivity contribution in [3.63, 3.8) is 0 Å². The van der Waals surface area contributed by atoms with Crippen LogP contribution in [0.2, 0.25) is 0 Å². The molecule has 0 amide bonds. The zero-order valence-electron chi connectivity index (χ0n) is 8.95. The summed E-state index contributed by atoms with van der Waals surface area (Å²) in [6, 6.07) is 0.669. The van der Waals surface area contributed by atoms with Gasteiger partial charge in [0.05, 0.1) is 6.26 Å². The molecule has 2 atom stereocenters. The number of hydrogen-bond acceptors (Lipinski definition) is 3. The summed E-state index contributed by atoms with van der Waals surface area (Å²) in [5.41, 5.74) is 0. The van der Waals surface area contributed by atoms with E-state index in [1.807, 2.05) is 18.0 Å². The molecule has 2 unspecified atom stereocenters. The van der Waals surface area contributed by atoms with E-state index in [2.05, 4.69) is 25.2 Å². The van der Waals surface area contributed by atoms with Crippen LogP contribution in [0.3, 0.4) is 0 Å². The van der Waals surface area contributed by atoms with Gasteiger partial charge in [-0.1, -0.05) is 0 Å². The molecule has 0 saturated carbocycles. The van der Waals surface area contributed by atoms with E-state index >= 15 is 0 Å². The highest BCUT2D eigenvalue weighted by molar-refractivity contribution is 8.02. The minimum absolute atomic E-state index is 0.390. The molecule has 0 bridgehead atoms. The molecule has 0 aliphatic carbocycles. The smallest absolute Gasteiger partial charge is 0.110 e. The summed E-state index contributed by atoms with van der Waals surface area (Å²) in [5.74, 6) is 1.25. The van der Waals surface area contributed by atoms with E-state index in [0.717, 1.165) is 19.4 Å². The fourth-order valence-electron chi connectivity index (χ4n) is 1.81. The molecule has 0 spiro atoms. The Morgan fingerprint density at radius 2 is 2.43 bits per heavy atom. The van der Waals surface area contributed by atoms with Crippen molar-refractivity contribution in [2.45, 2.75) is 43.6 Å². The zero-order valence-corrected chi connectivity index (χ0v) is 9.77. The van der Waals surface area contributed by atoms with Crippen LogP contribution in [0.5, 0.6) is 0 Å². The molecule has 80 valence electrons. The largest absolute Gasteiger partial charge is 0.497 e. The molecule has 2 nitrogen and oxygen atoms in total. The highest BCUT2D eigenvalue weighted by Gasteiger charge is 2.39. The second-order valence-electron chi connectivity index (χ2n) is 4.58. The minimum atomic E-state index is 0.390. The number of rotatable bonds is 3. The third-order valence-electron chi connectivity index (χ3n) is 3.08. The van der Waals surface area contributed by atoms with Crippen LogP contribution in [-0.4, -0.2) is 29.2 Å². The van der Waals surface area contributed by atoms with E-state index < -0.39 is 0 Å². The van der Waals surface area contributed by atoms with Crippen molar-refractivity contribution in [2.75, 3.05) is 12.3 Å². The third kappa shape index (κ3) is 2.26. The molecule has 0 aromatic heterocycles. The van der Waals surface area contributed by atoms with E-state index in [9.17, 15) is 0 Å². The van der Waals surface area contributed by atoms with Gasteiger partial charge in [0, 0.05) is 23.1 Å². The van der Waals surface area contributed by atoms with E-state index in [1.165, 1.54) is 5.75 Å².